The Morgan fingerprint density at radius 2 is 1.91 bits per heavy atom. The predicted molar refractivity (Wildman–Crippen MR) is 133 cm³/mol. The smallest absolute Gasteiger partial charge is 0.167 e. The van der Waals surface area contributed by atoms with Crippen LogP contribution in [0.3, 0.4) is 0 Å². The molecule has 1 aromatic rings. The van der Waals surface area contributed by atoms with E-state index in [2.05, 4.69) is 0 Å². The van der Waals surface area contributed by atoms with E-state index in [9.17, 15) is 19.8 Å². The van der Waals surface area contributed by atoms with Gasteiger partial charge < -0.3 is 19.7 Å². The van der Waals surface area contributed by atoms with Crippen LogP contribution in [-0.4, -0.2) is 46.2 Å². The highest BCUT2D eigenvalue weighted by Crippen LogP contribution is 2.36. The molecule has 1 aliphatic heterocycles. The van der Waals surface area contributed by atoms with Gasteiger partial charge in [0.15, 0.2) is 11.6 Å². The van der Waals surface area contributed by atoms with Gasteiger partial charge >= 0.3 is 0 Å². The summed E-state index contributed by atoms with van der Waals surface area (Å²) < 4.78 is 11.4. The predicted octanol–water partition coefficient (Wildman–Crippen LogP) is 5.16. The van der Waals surface area contributed by atoms with E-state index in [1.165, 1.54) is 0 Å². The molecule has 2 rings (SSSR count). The third-order valence-electron chi connectivity index (χ3n) is 6.56. The standard InChI is InChI=1S/C28H40O6/c1-18(9-8-12-28(6)25(32)17-24(31)27(4,5)34-28)13-22(29)14-19(2)10-11-21-16-23(30)15-20(3)26(21)33-7/h10,13,15-16,24,30-31H,8-9,11-12,14,17H2,1-7H3. The number of ether oxygens (including phenoxy) is 2. The van der Waals surface area contributed by atoms with Crippen molar-refractivity contribution in [3.8, 4) is 11.5 Å². The number of methoxy groups -OCH3 is 1. The molecule has 1 aromatic carbocycles. The topological polar surface area (TPSA) is 93.1 Å². The summed E-state index contributed by atoms with van der Waals surface area (Å²) in [6, 6.07) is 3.35. The first-order valence-electron chi connectivity index (χ1n) is 11.9. The molecule has 1 fully saturated rings. The number of allylic oxidation sites excluding steroid dienone is 4. The van der Waals surface area contributed by atoms with Gasteiger partial charge in [0.05, 0.1) is 18.8 Å². The number of carbonyl (C=O) groups is 2. The van der Waals surface area contributed by atoms with Crippen LogP contribution in [0.5, 0.6) is 11.5 Å². The fourth-order valence-electron chi connectivity index (χ4n) is 4.54. The molecule has 1 saturated heterocycles. The zero-order chi connectivity index (χ0) is 25.7. The van der Waals surface area contributed by atoms with Gasteiger partial charge in [-0.1, -0.05) is 17.2 Å². The average Bonchev–Trinajstić information content (AvgIpc) is 2.70. The monoisotopic (exact) mass is 472 g/mol. The number of hydrogen-bond acceptors (Lipinski definition) is 6. The summed E-state index contributed by atoms with van der Waals surface area (Å²) in [5.41, 5.74) is 2.00. The number of aliphatic hydroxyl groups is 1. The fraction of sp³-hybridized carbons (Fsp3) is 0.571. The van der Waals surface area contributed by atoms with Crippen molar-refractivity contribution in [3.63, 3.8) is 0 Å². The van der Waals surface area contributed by atoms with Crippen LogP contribution in [0.1, 0.15) is 77.8 Å². The molecule has 2 atom stereocenters. The van der Waals surface area contributed by atoms with Crippen LogP contribution < -0.4 is 4.74 Å². The molecule has 0 radical (unpaired) electrons. The Kier molecular flexibility index (Phi) is 9.26. The van der Waals surface area contributed by atoms with Gasteiger partial charge in [-0.15, -0.1) is 0 Å². The van der Waals surface area contributed by atoms with E-state index in [4.69, 9.17) is 9.47 Å². The van der Waals surface area contributed by atoms with Gasteiger partial charge in [-0.25, -0.2) is 0 Å². The lowest BCUT2D eigenvalue weighted by Crippen LogP contribution is -2.57. The van der Waals surface area contributed by atoms with Gasteiger partial charge in [0.1, 0.15) is 17.1 Å². The molecule has 6 heteroatoms. The quantitative estimate of drug-likeness (QED) is 0.361. The maximum absolute atomic E-state index is 12.5. The highest BCUT2D eigenvalue weighted by molar-refractivity contribution is 5.92. The minimum atomic E-state index is -0.905. The van der Waals surface area contributed by atoms with Crippen molar-refractivity contribution in [2.45, 2.75) is 97.4 Å². The largest absolute Gasteiger partial charge is 0.508 e. The van der Waals surface area contributed by atoms with Gasteiger partial charge in [-0.05, 0) is 91.0 Å². The van der Waals surface area contributed by atoms with Gasteiger partial charge in [0.2, 0.25) is 0 Å². The molecule has 2 unspecified atom stereocenters. The Morgan fingerprint density at radius 3 is 2.56 bits per heavy atom. The number of hydrogen-bond donors (Lipinski definition) is 2. The summed E-state index contributed by atoms with van der Waals surface area (Å²) in [5.74, 6) is 0.904. The van der Waals surface area contributed by atoms with Crippen molar-refractivity contribution < 1.29 is 29.3 Å². The SMILES string of the molecule is COc1c(C)cc(O)cc1CC=C(C)CC(=O)C=C(C)CCCC1(C)OC(C)(C)C(O)CC1=O. The number of ketones is 2. The van der Waals surface area contributed by atoms with Gasteiger partial charge in [0, 0.05) is 18.4 Å². The van der Waals surface area contributed by atoms with Crippen molar-refractivity contribution in [2.75, 3.05) is 7.11 Å². The summed E-state index contributed by atoms with van der Waals surface area (Å²) >= 11 is 0. The molecule has 0 spiro atoms. The minimum absolute atomic E-state index is 0.0331. The average molecular weight is 473 g/mol. The molecule has 2 N–H and O–H groups in total. The van der Waals surface area contributed by atoms with E-state index in [-0.39, 0.29) is 23.7 Å². The Morgan fingerprint density at radius 1 is 1.24 bits per heavy atom. The number of phenolic OH excluding ortho intramolecular Hbond substituents is 1. The Balaban J connectivity index is 1.89. The summed E-state index contributed by atoms with van der Waals surface area (Å²) in [6.07, 6.45) is 5.83. The zero-order valence-electron chi connectivity index (χ0n) is 21.7. The maximum Gasteiger partial charge on any atom is 0.167 e. The van der Waals surface area contributed by atoms with E-state index in [1.807, 2.05) is 26.8 Å². The molecule has 6 nitrogen and oxygen atoms in total. The lowest BCUT2D eigenvalue weighted by Gasteiger charge is -2.45. The number of carbonyl (C=O) groups excluding carboxylic acids is 2. The number of aliphatic hydroxyl groups excluding tert-OH is 1. The zero-order valence-corrected chi connectivity index (χ0v) is 21.7. The molecular formula is C28H40O6. The molecule has 188 valence electrons. The molecule has 0 saturated carbocycles. The number of Topliss-reactive ketones (excluding diaryl/α,β-unsaturated/α-hetero) is 1. The normalized spacial score (nSPS) is 23.2. The molecule has 1 heterocycles. The molecule has 34 heavy (non-hydrogen) atoms. The fourth-order valence-corrected chi connectivity index (χ4v) is 4.54. The summed E-state index contributed by atoms with van der Waals surface area (Å²) in [4.78, 5) is 25.0. The van der Waals surface area contributed by atoms with Gasteiger partial charge in [0.25, 0.3) is 0 Å². The summed E-state index contributed by atoms with van der Waals surface area (Å²) in [6.45, 7) is 11.1. The lowest BCUT2D eigenvalue weighted by atomic mass is 9.81. The van der Waals surface area contributed by atoms with Crippen LogP contribution in [0.15, 0.2) is 35.4 Å². The number of rotatable bonds is 10. The second kappa shape index (κ2) is 11.3. The van der Waals surface area contributed by atoms with Crippen LogP contribution in [-0.2, 0) is 20.7 Å². The summed E-state index contributed by atoms with van der Waals surface area (Å²) in [7, 11) is 1.61. The van der Waals surface area contributed by atoms with Crippen molar-refractivity contribution in [1.29, 1.82) is 0 Å². The molecule has 1 aliphatic rings. The first kappa shape index (κ1) is 27.8. The number of benzene rings is 1. The van der Waals surface area contributed by atoms with E-state index in [0.717, 1.165) is 34.4 Å². The Bertz CT molecular complexity index is 971. The minimum Gasteiger partial charge on any atom is -0.508 e. The van der Waals surface area contributed by atoms with Crippen LogP contribution >= 0.6 is 0 Å². The van der Waals surface area contributed by atoms with Crippen molar-refractivity contribution in [3.05, 3.63) is 46.6 Å². The van der Waals surface area contributed by atoms with Crippen molar-refractivity contribution >= 4 is 11.6 Å². The second-order valence-corrected chi connectivity index (χ2v) is 10.3. The maximum atomic E-state index is 12.5. The molecular weight excluding hydrogens is 432 g/mol. The molecule has 0 aliphatic carbocycles. The van der Waals surface area contributed by atoms with Gasteiger partial charge in [-0.2, -0.15) is 0 Å². The van der Waals surface area contributed by atoms with Crippen LogP contribution in [0.2, 0.25) is 0 Å². The third kappa shape index (κ3) is 7.28. The number of aryl methyl sites for hydroxylation is 1. The highest BCUT2D eigenvalue weighted by Gasteiger charge is 2.48. The third-order valence-corrected chi connectivity index (χ3v) is 6.56. The van der Waals surface area contributed by atoms with Crippen LogP contribution in [0.4, 0.5) is 0 Å². The molecule has 0 aromatic heterocycles. The number of phenols is 1. The van der Waals surface area contributed by atoms with Crippen molar-refractivity contribution in [1.82, 2.24) is 0 Å². The second-order valence-electron chi connectivity index (χ2n) is 10.3. The Labute approximate surface area is 203 Å². The summed E-state index contributed by atoms with van der Waals surface area (Å²) in [5, 5.41) is 19.9. The Hall–Kier alpha value is -2.44. The van der Waals surface area contributed by atoms with E-state index in [1.54, 1.807) is 46.1 Å². The number of aromatic hydroxyl groups is 1. The highest BCUT2D eigenvalue weighted by atomic mass is 16.5. The molecule has 0 amide bonds. The van der Waals surface area contributed by atoms with Crippen LogP contribution in [0, 0.1) is 6.92 Å². The lowest BCUT2D eigenvalue weighted by molar-refractivity contribution is -0.211. The first-order valence-corrected chi connectivity index (χ1v) is 11.9. The van der Waals surface area contributed by atoms with E-state index in [0.29, 0.717) is 25.7 Å². The molecule has 0 bridgehead atoms. The van der Waals surface area contributed by atoms with Crippen molar-refractivity contribution in [2.24, 2.45) is 0 Å². The first-order chi connectivity index (χ1) is 15.8. The van der Waals surface area contributed by atoms with E-state index >= 15 is 0 Å². The van der Waals surface area contributed by atoms with E-state index < -0.39 is 17.3 Å². The van der Waals surface area contributed by atoms with Crippen LogP contribution in [0.25, 0.3) is 0 Å². The van der Waals surface area contributed by atoms with Gasteiger partial charge in [-0.3, -0.25) is 9.59 Å².